The number of nitrogens with one attached hydrogen (secondary N) is 1. The van der Waals surface area contributed by atoms with Gasteiger partial charge in [-0.25, -0.2) is 4.98 Å². The lowest BCUT2D eigenvalue weighted by molar-refractivity contribution is 0.115. The van der Waals surface area contributed by atoms with Crippen LogP contribution in [0.25, 0.3) is 0 Å². The van der Waals surface area contributed by atoms with Crippen LogP contribution in [-0.2, 0) is 6.54 Å². The molecular weight excluding hydrogens is 280 g/mol. The molecule has 1 aliphatic heterocycles. The molecule has 0 aliphatic carbocycles. The minimum Gasteiger partial charge on any atom is -0.312 e. The molecule has 0 amide bonds. The van der Waals surface area contributed by atoms with E-state index < -0.39 is 0 Å². The first kappa shape index (κ1) is 16.9. The number of piperazine rings is 1. The molecule has 2 rings (SSSR count). The normalized spacial score (nSPS) is 21.3. The second-order valence-corrected chi connectivity index (χ2v) is 7.57. The van der Waals surface area contributed by atoms with Gasteiger partial charge in [-0.2, -0.15) is 0 Å². The van der Waals surface area contributed by atoms with Crippen molar-refractivity contribution in [2.24, 2.45) is 0 Å². The van der Waals surface area contributed by atoms with Crippen molar-refractivity contribution in [3.8, 4) is 0 Å². The van der Waals surface area contributed by atoms with Crippen LogP contribution in [0.15, 0.2) is 0 Å². The summed E-state index contributed by atoms with van der Waals surface area (Å²) in [4.78, 5) is 11.3. The van der Waals surface area contributed by atoms with Crippen molar-refractivity contribution in [2.45, 2.75) is 45.7 Å². The molecule has 5 heteroatoms. The lowest BCUT2D eigenvalue weighted by Crippen LogP contribution is -2.44. The molecular formula is C16H30N4S. The van der Waals surface area contributed by atoms with Crippen molar-refractivity contribution in [1.29, 1.82) is 0 Å². The number of hydrogen-bond donors (Lipinski definition) is 1. The summed E-state index contributed by atoms with van der Waals surface area (Å²) in [6, 6.07) is 0.450. The second kappa shape index (κ2) is 7.68. The van der Waals surface area contributed by atoms with Gasteiger partial charge in [0.2, 0.25) is 0 Å². The lowest BCUT2D eigenvalue weighted by atomic mass is 10.1. The molecule has 0 spiro atoms. The van der Waals surface area contributed by atoms with E-state index >= 15 is 0 Å². The van der Waals surface area contributed by atoms with E-state index in [9.17, 15) is 0 Å². The summed E-state index contributed by atoms with van der Waals surface area (Å²) in [6.45, 7) is 12.1. The summed E-state index contributed by atoms with van der Waals surface area (Å²) in [5.41, 5.74) is 1.29. The molecule has 21 heavy (non-hydrogen) atoms. The molecule has 1 atom stereocenters. The highest BCUT2D eigenvalue weighted by atomic mass is 32.1. The van der Waals surface area contributed by atoms with Gasteiger partial charge in [0, 0.05) is 31.1 Å². The molecule has 1 aromatic heterocycles. The minimum absolute atomic E-state index is 0.450. The predicted molar refractivity (Wildman–Crippen MR) is 91.1 cm³/mol. The maximum atomic E-state index is 5.01. The van der Waals surface area contributed by atoms with Crippen molar-refractivity contribution in [3.05, 3.63) is 15.6 Å². The second-order valence-electron chi connectivity index (χ2n) is 6.45. The number of likely N-dealkylation sites (N-methyl/N-ethyl adjacent to an activating group) is 2. The first-order valence-corrected chi connectivity index (χ1v) is 8.93. The van der Waals surface area contributed by atoms with Crippen LogP contribution < -0.4 is 5.32 Å². The summed E-state index contributed by atoms with van der Waals surface area (Å²) in [7, 11) is 4.43. The third-order valence-corrected chi connectivity index (χ3v) is 5.31. The van der Waals surface area contributed by atoms with E-state index in [1.807, 2.05) is 11.3 Å². The molecule has 120 valence electrons. The quantitative estimate of drug-likeness (QED) is 0.819. The maximum absolute atomic E-state index is 5.01. The Bertz CT molecular complexity index is 443. The molecule has 0 saturated carbocycles. The van der Waals surface area contributed by atoms with E-state index in [4.69, 9.17) is 4.98 Å². The molecule has 4 nitrogen and oxygen atoms in total. The average Bonchev–Trinajstić information content (AvgIpc) is 2.86. The van der Waals surface area contributed by atoms with Crippen LogP contribution in [0.1, 0.15) is 54.7 Å². The fraction of sp³-hybridized carbons (Fsp3) is 0.812. The molecule has 1 unspecified atom stereocenters. The molecule has 0 bridgehead atoms. The number of thiazole rings is 1. The van der Waals surface area contributed by atoms with E-state index in [1.54, 1.807) is 0 Å². The van der Waals surface area contributed by atoms with Crippen LogP contribution >= 0.6 is 11.3 Å². The number of rotatable bonds is 6. The summed E-state index contributed by atoms with van der Waals surface area (Å²) in [5.74, 6) is 0.500. The van der Waals surface area contributed by atoms with Crippen molar-refractivity contribution in [1.82, 2.24) is 20.1 Å². The SMILES string of the molecule is CCCNCc1sc(C2CN(C)CCN2C)nc1C(C)C. The zero-order chi connectivity index (χ0) is 15.4. The zero-order valence-corrected chi connectivity index (χ0v) is 15.0. The summed E-state index contributed by atoms with van der Waals surface area (Å²) < 4.78 is 0. The van der Waals surface area contributed by atoms with Gasteiger partial charge in [-0.1, -0.05) is 20.8 Å². The van der Waals surface area contributed by atoms with Gasteiger partial charge in [0.25, 0.3) is 0 Å². The first-order valence-electron chi connectivity index (χ1n) is 8.11. The zero-order valence-electron chi connectivity index (χ0n) is 14.1. The van der Waals surface area contributed by atoms with Crippen LogP contribution in [0.4, 0.5) is 0 Å². The van der Waals surface area contributed by atoms with Crippen LogP contribution in [-0.4, -0.2) is 55.1 Å². The number of nitrogens with zero attached hydrogens (tertiary/aromatic N) is 3. The highest BCUT2D eigenvalue weighted by molar-refractivity contribution is 7.11. The topological polar surface area (TPSA) is 31.4 Å². The lowest BCUT2D eigenvalue weighted by Gasteiger charge is -2.36. The van der Waals surface area contributed by atoms with Crippen molar-refractivity contribution in [2.75, 3.05) is 40.3 Å². The Morgan fingerprint density at radius 2 is 2.10 bits per heavy atom. The first-order chi connectivity index (χ1) is 10.0. The monoisotopic (exact) mass is 310 g/mol. The van der Waals surface area contributed by atoms with Gasteiger partial charge >= 0.3 is 0 Å². The summed E-state index contributed by atoms with van der Waals surface area (Å²) in [5, 5.41) is 4.82. The third-order valence-electron chi connectivity index (χ3n) is 4.14. The van der Waals surface area contributed by atoms with Gasteiger partial charge in [-0.3, -0.25) is 4.90 Å². The molecule has 1 N–H and O–H groups in total. The fourth-order valence-electron chi connectivity index (χ4n) is 2.76. The molecule has 1 saturated heterocycles. The van der Waals surface area contributed by atoms with Gasteiger partial charge < -0.3 is 10.2 Å². The molecule has 1 aliphatic rings. The van der Waals surface area contributed by atoms with Gasteiger partial charge in [0.05, 0.1) is 11.7 Å². The molecule has 1 aromatic rings. The Morgan fingerprint density at radius 1 is 1.33 bits per heavy atom. The highest BCUT2D eigenvalue weighted by Gasteiger charge is 2.27. The van der Waals surface area contributed by atoms with Crippen LogP contribution in [0.3, 0.4) is 0 Å². The smallest absolute Gasteiger partial charge is 0.112 e. The van der Waals surface area contributed by atoms with Gasteiger partial charge in [-0.15, -0.1) is 11.3 Å². The number of aromatic nitrogens is 1. The van der Waals surface area contributed by atoms with E-state index in [2.05, 4.69) is 50.0 Å². The van der Waals surface area contributed by atoms with Crippen LogP contribution in [0.2, 0.25) is 0 Å². The largest absolute Gasteiger partial charge is 0.312 e. The molecule has 0 radical (unpaired) electrons. The van der Waals surface area contributed by atoms with Gasteiger partial charge in [-0.05, 0) is 33.0 Å². The summed E-state index contributed by atoms with van der Waals surface area (Å²) in [6.07, 6.45) is 1.18. The Balaban J connectivity index is 2.17. The molecule has 1 fully saturated rings. The standard InChI is InChI=1S/C16H30N4S/c1-6-7-17-10-14-15(12(2)3)18-16(21-14)13-11-19(4)8-9-20(13)5/h12-13,17H,6-11H2,1-5H3. The van der Waals surface area contributed by atoms with Gasteiger partial charge in [0.1, 0.15) is 5.01 Å². The third kappa shape index (κ3) is 4.25. The minimum atomic E-state index is 0.450. The van der Waals surface area contributed by atoms with Gasteiger partial charge in [0.15, 0.2) is 0 Å². The highest BCUT2D eigenvalue weighted by Crippen LogP contribution is 2.32. The van der Waals surface area contributed by atoms with Crippen molar-refractivity contribution in [3.63, 3.8) is 0 Å². The Kier molecular flexibility index (Phi) is 6.17. The Labute approximate surface area is 133 Å². The van der Waals surface area contributed by atoms with E-state index in [0.29, 0.717) is 12.0 Å². The van der Waals surface area contributed by atoms with Crippen molar-refractivity contribution < 1.29 is 0 Å². The predicted octanol–water partition coefficient (Wildman–Crippen LogP) is 2.68. The maximum Gasteiger partial charge on any atom is 0.112 e. The van der Waals surface area contributed by atoms with E-state index in [1.165, 1.54) is 22.0 Å². The Hall–Kier alpha value is -0.490. The fourth-order valence-corrected chi connectivity index (χ4v) is 4.11. The van der Waals surface area contributed by atoms with Crippen LogP contribution in [0, 0.1) is 0 Å². The number of hydrogen-bond acceptors (Lipinski definition) is 5. The van der Waals surface area contributed by atoms with Crippen molar-refractivity contribution >= 4 is 11.3 Å². The van der Waals surface area contributed by atoms with E-state index in [0.717, 1.165) is 32.7 Å². The molecule has 2 heterocycles. The summed E-state index contributed by atoms with van der Waals surface area (Å²) >= 11 is 1.91. The van der Waals surface area contributed by atoms with E-state index in [-0.39, 0.29) is 0 Å². The average molecular weight is 311 g/mol. The van der Waals surface area contributed by atoms with Crippen LogP contribution in [0.5, 0.6) is 0 Å². The Morgan fingerprint density at radius 3 is 2.76 bits per heavy atom. The molecule has 0 aromatic carbocycles.